The fourth-order valence-corrected chi connectivity index (χ4v) is 3.66. The van der Waals surface area contributed by atoms with E-state index in [4.69, 9.17) is 12.2 Å². The molecule has 138 valence electrons. The number of thioether (sulfide) groups is 1. The van der Waals surface area contributed by atoms with Gasteiger partial charge in [0.2, 0.25) is 0 Å². The summed E-state index contributed by atoms with van der Waals surface area (Å²) in [6.07, 6.45) is 3.82. The second kappa shape index (κ2) is 9.19. The number of anilines is 3. The summed E-state index contributed by atoms with van der Waals surface area (Å²) in [6.45, 7) is 2.24. The average molecular weight is 394 g/mol. The molecule has 0 aromatic heterocycles. The van der Waals surface area contributed by atoms with Crippen molar-refractivity contribution in [1.82, 2.24) is 0 Å². The highest BCUT2D eigenvalue weighted by molar-refractivity contribution is 7.99. The molecule has 0 bridgehead atoms. The largest absolute Gasteiger partial charge is 0.372 e. The van der Waals surface area contributed by atoms with Crippen LogP contribution < -0.4 is 15.5 Å². The van der Waals surface area contributed by atoms with E-state index in [1.54, 1.807) is 24.3 Å². The maximum Gasteiger partial charge on any atom is 0.288 e. The van der Waals surface area contributed by atoms with Crippen LogP contribution in [0.25, 0.3) is 0 Å². The quantitative estimate of drug-likeness (QED) is 0.495. The van der Waals surface area contributed by atoms with E-state index < -0.39 is 5.76 Å². The van der Waals surface area contributed by atoms with E-state index in [9.17, 15) is 8.78 Å². The highest BCUT2D eigenvalue weighted by atomic mass is 32.2. The van der Waals surface area contributed by atoms with Gasteiger partial charge in [-0.05, 0) is 80.0 Å². The number of nitrogens with one attached hydrogen (secondary N) is 2. The van der Waals surface area contributed by atoms with Gasteiger partial charge in [0.05, 0.1) is 0 Å². The van der Waals surface area contributed by atoms with Gasteiger partial charge in [0, 0.05) is 35.0 Å². The van der Waals surface area contributed by atoms with Crippen molar-refractivity contribution >= 4 is 46.2 Å². The van der Waals surface area contributed by atoms with E-state index in [0.717, 1.165) is 24.5 Å². The van der Waals surface area contributed by atoms with Crippen LogP contribution in [0.5, 0.6) is 0 Å². The second-order valence-electron chi connectivity index (χ2n) is 6.08. The molecule has 0 radical (unpaired) electrons. The fraction of sp³-hybridized carbons (Fsp3) is 0.316. The summed E-state index contributed by atoms with van der Waals surface area (Å²) in [5, 5.41) is 6.67. The van der Waals surface area contributed by atoms with Crippen LogP contribution in [0.4, 0.5) is 25.8 Å². The van der Waals surface area contributed by atoms with Gasteiger partial charge >= 0.3 is 0 Å². The Labute approximate surface area is 162 Å². The lowest BCUT2D eigenvalue weighted by molar-refractivity contribution is 0.252. The number of halogens is 2. The average Bonchev–Trinajstić information content (AvgIpc) is 2.64. The fourth-order valence-electron chi connectivity index (χ4n) is 2.92. The van der Waals surface area contributed by atoms with Crippen molar-refractivity contribution < 1.29 is 8.78 Å². The number of piperidine rings is 1. The Morgan fingerprint density at radius 2 is 1.42 bits per heavy atom. The van der Waals surface area contributed by atoms with Crippen LogP contribution in [-0.4, -0.2) is 24.0 Å². The number of nitrogens with zero attached hydrogens (tertiary/aromatic N) is 1. The lowest BCUT2D eigenvalue weighted by atomic mass is 10.1. The molecule has 3 nitrogen and oxygen atoms in total. The third-order valence-electron chi connectivity index (χ3n) is 4.18. The molecule has 0 aliphatic carbocycles. The van der Waals surface area contributed by atoms with Crippen LogP contribution in [0.2, 0.25) is 0 Å². The molecule has 1 aliphatic heterocycles. The summed E-state index contributed by atoms with van der Waals surface area (Å²) in [4.78, 5) is 2.93. The molecule has 0 saturated carbocycles. The molecule has 1 fully saturated rings. The smallest absolute Gasteiger partial charge is 0.288 e. The normalized spacial score (nSPS) is 14.3. The van der Waals surface area contributed by atoms with Crippen molar-refractivity contribution in [3.05, 3.63) is 48.5 Å². The summed E-state index contributed by atoms with van der Waals surface area (Å²) in [5.74, 6) is -2.41. The van der Waals surface area contributed by atoms with E-state index in [1.165, 1.54) is 24.9 Å². The summed E-state index contributed by atoms with van der Waals surface area (Å²) < 4.78 is 24.7. The van der Waals surface area contributed by atoms with Crippen LogP contribution in [0.15, 0.2) is 53.4 Å². The van der Waals surface area contributed by atoms with Crippen molar-refractivity contribution in [3.8, 4) is 0 Å². The maximum atomic E-state index is 12.3. The molecule has 2 aromatic rings. The van der Waals surface area contributed by atoms with Gasteiger partial charge in [0.25, 0.3) is 5.76 Å². The Morgan fingerprint density at radius 1 is 0.885 bits per heavy atom. The van der Waals surface area contributed by atoms with Crippen LogP contribution in [0, 0.1) is 0 Å². The molecule has 2 aromatic carbocycles. The first kappa shape index (κ1) is 18.9. The monoisotopic (exact) mass is 393 g/mol. The molecule has 0 amide bonds. The van der Waals surface area contributed by atoms with Crippen molar-refractivity contribution in [2.24, 2.45) is 0 Å². The molecule has 0 spiro atoms. The second-order valence-corrected chi connectivity index (χ2v) is 7.55. The molecule has 1 aliphatic rings. The van der Waals surface area contributed by atoms with Crippen LogP contribution in [0.1, 0.15) is 19.3 Å². The van der Waals surface area contributed by atoms with Gasteiger partial charge in [0.1, 0.15) is 0 Å². The number of rotatable bonds is 5. The van der Waals surface area contributed by atoms with Crippen LogP contribution >= 0.6 is 24.0 Å². The van der Waals surface area contributed by atoms with Gasteiger partial charge in [-0.15, -0.1) is 0 Å². The predicted molar refractivity (Wildman–Crippen MR) is 111 cm³/mol. The summed E-state index contributed by atoms with van der Waals surface area (Å²) in [5.41, 5.74) is 2.90. The molecule has 3 rings (SSSR count). The summed E-state index contributed by atoms with van der Waals surface area (Å²) in [7, 11) is 0. The zero-order chi connectivity index (χ0) is 18.4. The molecule has 1 heterocycles. The molecule has 2 N–H and O–H groups in total. The van der Waals surface area contributed by atoms with E-state index in [2.05, 4.69) is 27.7 Å². The van der Waals surface area contributed by atoms with E-state index in [1.807, 2.05) is 12.1 Å². The van der Waals surface area contributed by atoms with Crippen molar-refractivity contribution in [2.75, 3.05) is 28.6 Å². The van der Waals surface area contributed by atoms with Crippen LogP contribution in [-0.2, 0) is 0 Å². The van der Waals surface area contributed by atoms with E-state index in [-0.39, 0.29) is 0 Å². The Balaban J connectivity index is 1.52. The standard InChI is InChI=1S/C19H21F2N3S2/c20-18(21)26-17-10-6-15(7-11-17)23-19(25)22-14-4-8-16(9-5-14)24-12-2-1-3-13-24/h4-11,18H,1-3,12-13H2,(H2,22,23,25). The third-order valence-corrected chi connectivity index (χ3v) is 5.11. The lowest BCUT2D eigenvalue weighted by Gasteiger charge is -2.28. The maximum absolute atomic E-state index is 12.3. The SMILES string of the molecule is FC(F)Sc1ccc(NC(=S)Nc2ccc(N3CCCCC3)cc2)cc1. The summed E-state index contributed by atoms with van der Waals surface area (Å²) in [6, 6.07) is 15.0. The Bertz CT molecular complexity index is 715. The molecule has 0 unspecified atom stereocenters. The third kappa shape index (κ3) is 5.57. The van der Waals surface area contributed by atoms with Crippen molar-refractivity contribution in [3.63, 3.8) is 0 Å². The van der Waals surface area contributed by atoms with Gasteiger partial charge in [-0.25, -0.2) is 0 Å². The van der Waals surface area contributed by atoms with E-state index >= 15 is 0 Å². The highest BCUT2D eigenvalue weighted by Crippen LogP contribution is 2.26. The first-order valence-corrected chi connectivity index (χ1v) is 9.87. The minimum absolute atomic E-state index is 0.463. The first-order chi connectivity index (χ1) is 12.6. The topological polar surface area (TPSA) is 27.3 Å². The highest BCUT2D eigenvalue weighted by Gasteiger charge is 2.10. The molecular weight excluding hydrogens is 372 g/mol. The van der Waals surface area contributed by atoms with Gasteiger partial charge in [-0.2, -0.15) is 8.78 Å². The number of thiocarbonyl (C=S) groups is 1. The predicted octanol–water partition coefficient (Wildman–Crippen LogP) is 5.80. The van der Waals surface area contributed by atoms with E-state index in [0.29, 0.717) is 21.8 Å². The first-order valence-electron chi connectivity index (χ1n) is 8.58. The molecule has 0 atom stereocenters. The molecule has 26 heavy (non-hydrogen) atoms. The Morgan fingerprint density at radius 3 is 1.96 bits per heavy atom. The van der Waals surface area contributed by atoms with Gasteiger partial charge < -0.3 is 15.5 Å². The zero-order valence-electron chi connectivity index (χ0n) is 14.3. The van der Waals surface area contributed by atoms with Gasteiger partial charge in [-0.1, -0.05) is 11.8 Å². The van der Waals surface area contributed by atoms with Gasteiger partial charge in [0.15, 0.2) is 5.11 Å². The lowest BCUT2D eigenvalue weighted by Crippen LogP contribution is -2.29. The summed E-state index contributed by atoms with van der Waals surface area (Å²) >= 11 is 5.85. The van der Waals surface area contributed by atoms with Crippen LogP contribution in [0.3, 0.4) is 0 Å². The van der Waals surface area contributed by atoms with Gasteiger partial charge in [-0.3, -0.25) is 0 Å². The Kier molecular flexibility index (Phi) is 6.68. The molecule has 7 heteroatoms. The number of hydrogen-bond donors (Lipinski definition) is 2. The molecule has 1 saturated heterocycles. The number of alkyl halides is 2. The Hall–Kier alpha value is -1.86. The molecular formula is C19H21F2N3S2. The van der Waals surface area contributed by atoms with Crippen molar-refractivity contribution in [1.29, 1.82) is 0 Å². The minimum atomic E-state index is -2.41. The van der Waals surface area contributed by atoms with Crippen molar-refractivity contribution in [2.45, 2.75) is 29.9 Å². The zero-order valence-corrected chi connectivity index (χ0v) is 15.9. The number of benzene rings is 2. The minimum Gasteiger partial charge on any atom is -0.372 e. The number of hydrogen-bond acceptors (Lipinski definition) is 3.